The van der Waals surface area contributed by atoms with Gasteiger partial charge in [0.2, 0.25) is 0 Å². The molecule has 0 aliphatic heterocycles. The highest BCUT2D eigenvalue weighted by molar-refractivity contribution is 5.63. The second-order valence-corrected chi connectivity index (χ2v) is 3.60. The van der Waals surface area contributed by atoms with E-state index in [0.717, 1.165) is 19.3 Å². The molecule has 0 heterocycles. The van der Waals surface area contributed by atoms with Crippen molar-refractivity contribution in [2.24, 2.45) is 11.1 Å². The van der Waals surface area contributed by atoms with E-state index in [2.05, 4.69) is 0 Å². The van der Waals surface area contributed by atoms with Gasteiger partial charge >= 0.3 is 0 Å². The van der Waals surface area contributed by atoms with Crippen LogP contribution in [0, 0.1) is 5.41 Å². The molecule has 1 saturated carbocycles. The van der Waals surface area contributed by atoms with Crippen LogP contribution in [0.4, 0.5) is 0 Å². The third-order valence-corrected chi connectivity index (χ3v) is 3.00. The first-order valence-corrected chi connectivity index (χ1v) is 3.97. The van der Waals surface area contributed by atoms with Crippen LogP contribution in [0.15, 0.2) is 0 Å². The summed E-state index contributed by atoms with van der Waals surface area (Å²) in [6.45, 7) is 1.95. The second-order valence-electron chi connectivity index (χ2n) is 3.60. The van der Waals surface area contributed by atoms with Gasteiger partial charge in [-0.05, 0) is 19.8 Å². The van der Waals surface area contributed by atoms with Crippen LogP contribution in [0.1, 0.15) is 26.2 Å². The minimum atomic E-state index is -1.22. The molecule has 3 N–H and O–H groups in total. The monoisotopic (exact) mass is 157 g/mol. The van der Waals surface area contributed by atoms with Gasteiger partial charge < -0.3 is 15.6 Å². The summed E-state index contributed by atoms with van der Waals surface area (Å²) in [6, 6.07) is 0. The molecule has 0 aromatic rings. The lowest BCUT2D eigenvalue weighted by Crippen LogP contribution is -2.55. The van der Waals surface area contributed by atoms with Crippen molar-refractivity contribution in [2.45, 2.75) is 31.8 Å². The van der Waals surface area contributed by atoms with Gasteiger partial charge in [0.15, 0.2) is 6.29 Å². The van der Waals surface area contributed by atoms with Gasteiger partial charge in [0, 0.05) is 12.0 Å². The molecule has 0 saturated heterocycles. The van der Waals surface area contributed by atoms with Gasteiger partial charge in [0.1, 0.15) is 5.60 Å². The molecular weight excluding hydrogens is 142 g/mol. The van der Waals surface area contributed by atoms with Crippen LogP contribution in [-0.4, -0.2) is 23.5 Å². The minimum Gasteiger partial charge on any atom is -0.382 e. The fraction of sp³-hybridized carbons (Fsp3) is 0.875. The molecule has 1 unspecified atom stereocenters. The van der Waals surface area contributed by atoms with Gasteiger partial charge in [-0.3, -0.25) is 0 Å². The maximum absolute atomic E-state index is 10.5. The lowest BCUT2D eigenvalue weighted by Gasteiger charge is -2.48. The molecule has 0 radical (unpaired) electrons. The number of aliphatic hydroxyl groups is 1. The summed E-state index contributed by atoms with van der Waals surface area (Å²) in [5.41, 5.74) is 3.96. The molecule has 0 amide bonds. The Hall–Kier alpha value is -0.410. The molecule has 3 nitrogen and oxygen atoms in total. The van der Waals surface area contributed by atoms with Crippen molar-refractivity contribution in [1.82, 2.24) is 0 Å². The lowest BCUT2D eigenvalue weighted by molar-refractivity contribution is -0.146. The number of hydrogen-bond acceptors (Lipinski definition) is 3. The quantitative estimate of drug-likeness (QED) is 0.570. The highest BCUT2D eigenvalue weighted by atomic mass is 16.3. The minimum absolute atomic E-state index is 0.325. The first-order chi connectivity index (χ1) is 5.08. The molecular formula is C8H15NO2. The summed E-state index contributed by atoms with van der Waals surface area (Å²) < 4.78 is 0. The summed E-state index contributed by atoms with van der Waals surface area (Å²) in [5, 5.41) is 9.65. The van der Waals surface area contributed by atoms with E-state index in [-0.39, 0.29) is 5.41 Å². The van der Waals surface area contributed by atoms with Crippen molar-refractivity contribution in [3.05, 3.63) is 0 Å². The molecule has 3 heteroatoms. The maximum Gasteiger partial charge on any atom is 0.151 e. The van der Waals surface area contributed by atoms with Gasteiger partial charge in [-0.1, -0.05) is 6.42 Å². The fourth-order valence-electron chi connectivity index (χ4n) is 1.65. The van der Waals surface area contributed by atoms with Crippen LogP contribution in [0.25, 0.3) is 0 Å². The summed E-state index contributed by atoms with van der Waals surface area (Å²) in [6.07, 6.45) is 3.42. The zero-order valence-corrected chi connectivity index (χ0v) is 6.84. The zero-order chi connectivity index (χ0) is 8.54. The molecule has 1 atom stereocenters. The predicted octanol–water partition coefficient (Wildman–Crippen LogP) is 0.0653. The normalized spacial score (nSPS) is 26.8. The van der Waals surface area contributed by atoms with Gasteiger partial charge in [-0.15, -0.1) is 0 Å². The molecule has 64 valence electrons. The Morgan fingerprint density at radius 2 is 2.27 bits per heavy atom. The third kappa shape index (κ3) is 1.08. The molecule has 1 fully saturated rings. The van der Waals surface area contributed by atoms with Gasteiger partial charge in [-0.2, -0.15) is 0 Å². The van der Waals surface area contributed by atoms with Crippen molar-refractivity contribution in [3.8, 4) is 0 Å². The topological polar surface area (TPSA) is 63.3 Å². The van der Waals surface area contributed by atoms with E-state index in [0.29, 0.717) is 12.8 Å². The zero-order valence-electron chi connectivity index (χ0n) is 6.84. The Labute approximate surface area is 66.6 Å². The first kappa shape index (κ1) is 8.68. The highest BCUT2D eigenvalue weighted by Crippen LogP contribution is 2.47. The van der Waals surface area contributed by atoms with Gasteiger partial charge in [0.05, 0.1) is 0 Å². The molecule has 0 spiro atoms. The Morgan fingerprint density at radius 1 is 1.73 bits per heavy atom. The molecule has 1 aliphatic carbocycles. The van der Waals surface area contributed by atoms with Crippen molar-refractivity contribution < 1.29 is 9.90 Å². The van der Waals surface area contributed by atoms with Crippen molar-refractivity contribution >= 4 is 6.29 Å². The fourth-order valence-corrected chi connectivity index (χ4v) is 1.65. The lowest BCUT2D eigenvalue weighted by atomic mass is 9.59. The van der Waals surface area contributed by atoms with Gasteiger partial charge in [-0.25, -0.2) is 0 Å². The Morgan fingerprint density at radius 3 is 2.36 bits per heavy atom. The molecule has 1 rings (SSSR count). The van der Waals surface area contributed by atoms with Crippen LogP contribution >= 0.6 is 0 Å². The van der Waals surface area contributed by atoms with E-state index in [1.165, 1.54) is 0 Å². The van der Waals surface area contributed by atoms with Crippen LogP contribution in [0.2, 0.25) is 0 Å². The van der Waals surface area contributed by atoms with Crippen LogP contribution in [-0.2, 0) is 4.79 Å². The second kappa shape index (κ2) is 2.57. The van der Waals surface area contributed by atoms with Crippen LogP contribution in [0.5, 0.6) is 0 Å². The number of carbonyl (C=O) groups is 1. The van der Waals surface area contributed by atoms with Crippen molar-refractivity contribution in [3.63, 3.8) is 0 Å². The van der Waals surface area contributed by atoms with E-state index in [1.54, 1.807) is 6.92 Å². The predicted molar refractivity (Wildman–Crippen MR) is 42.0 cm³/mol. The standard InChI is InChI=1S/C8H15NO2/c1-7(11,6-10)8(5-9)3-2-4-8/h6,11H,2-5,9H2,1H3. The number of aldehydes is 1. The summed E-state index contributed by atoms with van der Waals surface area (Å²) in [4.78, 5) is 10.5. The number of hydrogen-bond donors (Lipinski definition) is 2. The molecule has 0 bridgehead atoms. The van der Waals surface area contributed by atoms with Crippen LogP contribution in [0.3, 0.4) is 0 Å². The van der Waals surface area contributed by atoms with E-state index >= 15 is 0 Å². The molecule has 0 aromatic carbocycles. The Balaban J connectivity index is 2.75. The Bertz CT molecular complexity index is 156. The largest absolute Gasteiger partial charge is 0.382 e. The van der Waals surface area contributed by atoms with E-state index < -0.39 is 5.60 Å². The maximum atomic E-state index is 10.5. The SMILES string of the molecule is CC(O)(C=O)C1(CN)CCC1. The van der Waals surface area contributed by atoms with Crippen molar-refractivity contribution in [2.75, 3.05) is 6.54 Å². The summed E-state index contributed by atoms with van der Waals surface area (Å²) in [5.74, 6) is 0. The van der Waals surface area contributed by atoms with Gasteiger partial charge in [0.25, 0.3) is 0 Å². The summed E-state index contributed by atoms with van der Waals surface area (Å²) >= 11 is 0. The smallest absolute Gasteiger partial charge is 0.151 e. The number of nitrogens with two attached hydrogens (primary N) is 1. The van der Waals surface area contributed by atoms with E-state index in [4.69, 9.17) is 5.73 Å². The van der Waals surface area contributed by atoms with E-state index in [9.17, 15) is 9.90 Å². The Kier molecular flexibility index (Phi) is 2.03. The average molecular weight is 157 g/mol. The molecule has 11 heavy (non-hydrogen) atoms. The first-order valence-electron chi connectivity index (χ1n) is 3.97. The number of rotatable bonds is 3. The van der Waals surface area contributed by atoms with Crippen molar-refractivity contribution in [1.29, 1.82) is 0 Å². The molecule has 1 aliphatic rings. The highest BCUT2D eigenvalue weighted by Gasteiger charge is 2.50. The average Bonchev–Trinajstić information content (AvgIpc) is 1.86. The third-order valence-electron chi connectivity index (χ3n) is 3.00. The summed E-state index contributed by atoms with van der Waals surface area (Å²) in [7, 11) is 0. The molecule has 0 aromatic heterocycles. The van der Waals surface area contributed by atoms with E-state index in [1.807, 2.05) is 0 Å². The number of carbonyl (C=O) groups excluding carboxylic acids is 1. The van der Waals surface area contributed by atoms with Crippen LogP contribution < -0.4 is 5.73 Å².